The van der Waals surface area contributed by atoms with Crippen LogP contribution in [0.15, 0.2) is 54.6 Å². The van der Waals surface area contributed by atoms with Gasteiger partial charge < -0.3 is 10.1 Å². The van der Waals surface area contributed by atoms with Gasteiger partial charge in [-0.15, -0.1) is 11.3 Å². The van der Waals surface area contributed by atoms with Crippen molar-refractivity contribution in [3.8, 4) is 0 Å². The Morgan fingerprint density at radius 2 is 1.88 bits per heavy atom. The van der Waals surface area contributed by atoms with Crippen molar-refractivity contribution in [2.75, 3.05) is 6.61 Å². The van der Waals surface area contributed by atoms with Gasteiger partial charge in [-0.2, -0.15) is 0 Å². The Balaban J connectivity index is 1.56. The van der Waals surface area contributed by atoms with Crippen molar-refractivity contribution < 1.29 is 14.3 Å². The lowest BCUT2D eigenvalue weighted by molar-refractivity contribution is -0.124. The third-order valence-electron chi connectivity index (χ3n) is 3.71. The highest BCUT2D eigenvalue weighted by atomic mass is 35.5. The lowest BCUT2D eigenvalue weighted by Crippen LogP contribution is -2.31. The van der Waals surface area contributed by atoms with Crippen LogP contribution in [0, 0.1) is 0 Å². The van der Waals surface area contributed by atoms with E-state index in [1.165, 1.54) is 11.3 Å². The molecule has 4 nitrogen and oxygen atoms in total. The van der Waals surface area contributed by atoms with Gasteiger partial charge in [-0.05, 0) is 36.1 Å². The van der Waals surface area contributed by atoms with Crippen molar-refractivity contribution in [2.45, 2.75) is 13.0 Å². The number of nitrogens with one attached hydrogen (secondary N) is 1. The summed E-state index contributed by atoms with van der Waals surface area (Å²) in [5, 5.41) is 4.34. The molecule has 0 bridgehead atoms. The highest BCUT2D eigenvalue weighted by Crippen LogP contribution is 2.26. The molecule has 25 heavy (non-hydrogen) atoms. The van der Waals surface area contributed by atoms with Crippen LogP contribution in [0.2, 0.25) is 5.02 Å². The Bertz CT molecular complexity index is 889. The standard InChI is InChI=1S/C19H16ClNO3S/c1-12(14-7-3-4-8-15(14)20)21-18(22)11-24-19(23)17-10-13-6-2-5-9-16(13)25-17/h2-10,12H,11H2,1H3,(H,21,22)/t12-/m0/s1. The molecular weight excluding hydrogens is 358 g/mol. The summed E-state index contributed by atoms with van der Waals surface area (Å²) in [6.45, 7) is 1.49. The van der Waals surface area contributed by atoms with Crippen LogP contribution in [0.25, 0.3) is 10.1 Å². The molecule has 1 amide bonds. The summed E-state index contributed by atoms with van der Waals surface area (Å²) in [5.41, 5.74) is 0.813. The fourth-order valence-corrected chi connectivity index (χ4v) is 3.73. The number of ether oxygens (including phenoxy) is 1. The van der Waals surface area contributed by atoms with Crippen LogP contribution < -0.4 is 5.32 Å². The molecule has 0 spiro atoms. The minimum Gasteiger partial charge on any atom is -0.451 e. The van der Waals surface area contributed by atoms with Crippen molar-refractivity contribution in [1.82, 2.24) is 5.32 Å². The molecule has 0 saturated heterocycles. The first-order valence-corrected chi connectivity index (χ1v) is 8.93. The van der Waals surface area contributed by atoms with Gasteiger partial charge in [-0.3, -0.25) is 4.79 Å². The van der Waals surface area contributed by atoms with Gasteiger partial charge in [-0.25, -0.2) is 4.79 Å². The molecule has 128 valence electrons. The summed E-state index contributed by atoms with van der Waals surface area (Å²) >= 11 is 7.46. The van der Waals surface area contributed by atoms with Gasteiger partial charge in [0.15, 0.2) is 6.61 Å². The van der Waals surface area contributed by atoms with E-state index in [1.54, 1.807) is 12.1 Å². The molecule has 6 heteroatoms. The molecule has 2 aromatic carbocycles. The number of carbonyl (C=O) groups is 2. The summed E-state index contributed by atoms with van der Waals surface area (Å²) < 4.78 is 6.12. The second-order valence-electron chi connectivity index (χ2n) is 5.54. The summed E-state index contributed by atoms with van der Waals surface area (Å²) in [4.78, 5) is 24.6. The topological polar surface area (TPSA) is 55.4 Å². The normalized spacial score (nSPS) is 11.9. The van der Waals surface area contributed by atoms with Gasteiger partial charge in [0.05, 0.1) is 6.04 Å². The Morgan fingerprint density at radius 3 is 2.64 bits per heavy atom. The van der Waals surface area contributed by atoms with Gasteiger partial charge in [0.1, 0.15) is 4.88 Å². The lowest BCUT2D eigenvalue weighted by atomic mass is 10.1. The molecule has 0 unspecified atom stereocenters. The van der Waals surface area contributed by atoms with Crippen molar-refractivity contribution in [2.24, 2.45) is 0 Å². The van der Waals surface area contributed by atoms with Gasteiger partial charge in [0.2, 0.25) is 0 Å². The number of esters is 1. The predicted octanol–water partition coefficient (Wildman–Crippen LogP) is 4.59. The van der Waals surface area contributed by atoms with Gasteiger partial charge in [0, 0.05) is 9.72 Å². The molecule has 0 aliphatic carbocycles. The molecule has 0 radical (unpaired) electrons. The molecule has 0 saturated carbocycles. The first-order chi connectivity index (χ1) is 12.0. The molecule has 1 N–H and O–H groups in total. The largest absolute Gasteiger partial charge is 0.451 e. The number of carbonyl (C=O) groups excluding carboxylic acids is 2. The number of hydrogen-bond acceptors (Lipinski definition) is 4. The second-order valence-corrected chi connectivity index (χ2v) is 7.03. The van der Waals surface area contributed by atoms with Crippen LogP contribution in [0.1, 0.15) is 28.2 Å². The maximum absolute atomic E-state index is 12.1. The zero-order valence-electron chi connectivity index (χ0n) is 13.5. The smallest absolute Gasteiger partial charge is 0.348 e. The highest BCUT2D eigenvalue weighted by Gasteiger charge is 2.16. The van der Waals surface area contributed by atoms with E-state index in [4.69, 9.17) is 16.3 Å². The summed E-state index contributed by atoms with van der Waals surface area (Å²) in [6, 6.07) is 16.5. The van der Waals surface area contributed by atoms with E-state index in [0.717, 1.165) is 15.6 Å². The first kappa shape index (κ1) is 17.5. The quantitative estimate of drug-likeness (QED) is 0.665. The molecule has 0 fully saturated rings. The lowest BCUT2D eigenvalue weighted by Gasteiger charge is -2.15. The van der Waals surface area contributed by atoms with Crippen LogP contribution >= 0.6 is 22.9 Å². The first-order valence-electron chi connectivity index (χ1n) is 7.74. The van der Waals surface area contributed by atoms with E-state index >= 15 is 0 Å². The number of hydrogen-bond donors (Lipinski definition) is 1. The van der Waals surface area contributed by atoms with Crippen LogP contribution in [-0.2, 0) is 9.53 Å². The molecular formula is C19H16ClNO3S. The van der Waals surface area contributed by atoms with Gasteiger partial charge >= 0.3 is 5.97 Å². The number of thiophene rings is 1. The minimum atomic E-state index is -0.498. The third kappa shape index (κ3) is 4.18. The van der Waals surface area contributed by atoms with Crippen molar-refractivity contribution >= 4 is 44.9 Å². The molecule has 1 aromatic heterocycles. The van der Waals surface area contributed by atoms with E-state index in [0.29, 0.717) is 9.90 Å². The molecule has 0 aliphatic rings. The van der Waals surface area contributed by atoms with Crippen LogP contribution in [0.4, 0.5) is 0 Å². The van der Waals surface area contributed by atoms with E-state index in [9.17, 15) is 9.59 Å². The Labute approximate surface area is 154 Å². The molecule has 1 heterocycles. The average molecular weight is 374 g/mol. The zero-order valence-corrected chi connectivity index (χ0v) is 15.1. The van der Waals surface area contributed by atoms with E-state index in [1.807, 2.05) is 49.4 Å². The summed E-state index contributed by atoms with van der Waals surface area (Å²) in [7, 11) is 0. The maximum atomic E-state index is 12.1. The van der Waals surface area contributed by atoms with Crippen LogP contribution in [-0.4, -0.2) is 18.5 Å². The van der Waals surface area contributed by atoms with E-state index in [-0.39, 0.29) is 18.6 Å². The molecule has 3 rings (SSSR count). The minimum absolute atomic E-state index is 0.274. The average Bonchev–Trinajstić information content (AvgIpc) is 3.04. The Hall–Kier alpha value is -2.37. The van der Waals surface area contributed by atoms with Crippen molar-refractivity contribution in [1.29, 1.82) is 0 Å². The van der Waals surface area contributed by atoms with Crippen molar-refractivity contribution in [3.05, 3.63) is 70.1 Å². The van der Waals surface area contributed by atoms with E-state index in [2.05, 4.69) is 5.32 Å². The molecule has 0 aliphatic heterocycles. The van der Waals surface area contributed by atoms with Crippen molar-refractivity contribution in [3.63, 3.8) is 0 Å². The predicted molar refractivity (Wildman–Crippen MR) is 100 cm³/mol. The second kappa shape index (κ2) is 7.68. The molecule has 1 atom stereocenters. The Kier molecular flexibility index (Phi) is 5.36. The van der Waals surface area contributed by atoms with E-state index < -0.39 is 5.97 Å². The number of amides is 1. The number of fused-ring (bicyclic) bond motifs is 1. The zero-order chi connectivity index (χ0) is 17.8. The molecule has 3 aromatic rings. The van der Waals surface area contributed by atoms with Gasteiger partial charge in [-0.1, -0.05) is 48.0 Å². The maximum Gasteiger partial charge on any atom is 0.348 e. The highest BCUT2D eigenvalue weighted by molar-refractivity contribution is 7.20. The number of halogens is 1. The fourth-order valence-electron chi connectivity index (χ4n) is 2.47. The number of benzene rings is 2. The number of rotatable bonds is 5. The summed E-state index contributed by atoms with van der Waals surface area (Å²) in [6.07, 6.45) is 0. The summed E-state index contributed by atoms with van der Waals surface area (Å²) in [5.74, 6) is -0.872. The van der Waals surface area contributed by atoms with Crippen LogP contribution in [0.3, 0.4) is 0 Å². The van der Waals surface area contributed by atoms with Gasteiger partial charge in [0.25, 0.3) is 5.91 Å². The fraction of sp³-hybridized carbons (Fsp3) is 0.158. The third-order valence-corrected chi connectivity index (χ3v) is 5.15. The monoisotopic (exact) mass is 373 g/mol. The SMILES string of the molecule is C[C@H](NC(=O)COC(=O)c1cc2ccccc2s1)c1ccccc1Cl. The van der Waals surface area contributed by atoms with Crippen LogP contribution in [0.5, 0.6) is 0 Å². The Morgan fingerprint density at radius 1 is 1.16 bits per heavy atom.